The summed E-state index contributed by atoms with van der Waals surface area (Å²) >= 11 is 1.58. The molecule has 0 saturated carbocycles. The molecule has 1 unspecified atom stereocenters. The van der Waals surface area contributed by atoms with Crippen LogP contribution >= 0.6 is 11.3 Å². The van der Waals surface area contributed by atoms with Crippen molar-refractivity contribution in [1.29, 1.82) is 0 Å². The molecule has 6 heteroatoms. The molecule has 1 atom stereocenters. The van der Waals surface area contributed by atoms with Crippen LogP contribution in [0.15, 0.2) is 47.8 Å². The third kappa shape index (κ3) is 4.64. The van der Waals surface area contributed by atoms with E-state index in [0.29, 0.717) is 13.1 Å². The molecule has 2 heterocycles. The Labute approximate surface area is 141 Å². The molecule has 1 fully saturated rings. The Morgan fingerprint density at radius 1 is 1.17 bits per heavy atom. The Hall–Kier alpha value is -1.21. The first kappa shape index (κ1) is 16.6. The highest BCUT2D eigenvalue weighted by Crippen LogP contribution is 2.21. The van der Waals surface area contributed by atoms with Crippen LogP contribution < -0.4 is 0 Å². The molecule has 1 aromatic carbocycles. The van der Waals surface area contributed by atoms with Crippen LogP contribution in [-0.2, 0) is 27.1 Å². The van der Waals surface area contributed by atoms with Crippen molar-refractivity contribution < 1.29 is 13.2 Å². The Bertz CT molecular complexity index is 693. The minimum absolute atomic E-state index is 0.0144. The molecule has 4 nitrogen and oxygen atoms in total. The highest BCUT2D eigenvalue weighted by Gasteiger charge is 2.28. The predicted molar refractivity (Wildman–Crippen MR) is 92.8 cm³/mol. The number of rotatable bonds is 7. The second kappa shape index (κ2) is 7.57. The summed E-state index contributed by atoms with van der Waals surface area (Å²) in [6.07, 6.45) is 1.96. The largest absolute Gasteiger partial charge is 0.377 e. The number of benzene rings is 1. The molecule has 1 aromatic heterocycles. The minimum atomic E-state index is -3.38. The van der Waals surface area contributed by atoms with E-state index in [9.17, 15) is 8.42 Å². The average Bonchev–Trinajstić information content (AvgIpc) is 3.21. The van der Waals surface area contributed by atoms with Gasteiger partial charge in [0.2, 0.25) is 10.0 Å². The third-order valence-corrected chi connectivity index (χ3v) is 6.55. The zero-order valence-corrected chi connectivity index (χ0v) is 14.6. The summed E-state index contributed by atoms with van der Waals surface area (Å²) in [6, 6.07) is 13.3. The molecule has 1 aliphatic heterocycles. The number of sulfonamides is 1. The molecule has 0 aliphatic carbocycles. The second-order valence-corrected chi connectivity index (χ2v) is 8.75. The van der Waals surface area contributed by atoms with E-state index in [1.807, 2.05) is 47.8 Å². The van der Waals surface area contributed by atoms with Gasteiger partial charge in [0, 0.05) is 24.6 Å². The van der Waals surface area contributed by atoms with Crippen molar-refractivity contribution in [2.24, 2.45) is 0 Å². The van der Waals surface area contributed by atoms with Crippen molar-refractivity contribution in [3.8, 4) is 0 Å². The fraction of sp³-hybridized carbons (Fsp3) is 0.412. The lowest BCUT2D eigenvalue weighted by molar-refractivity contribution is 0.0927. The van der Waals surface area contributed by atoms with E-state index in [1.165, 1.54) is 0 Å². The van der Waals surface area contributed by atoms with E-state index in [0.717, 1.165) is 29.9 Å². The number of nitrogens with zero attached hydrogens (tertiary/aromatic N) is 1. The van der Waals surface area contributed by atoms with Crippen LogP contribution in [0.3, 0.4) is 0 Å². The molecule has 1 aliphatic rings. The van der Waals surface area contributed by atoms with Gasteiger partial charge in [-0.2, -0.15) is 4.31 Å². The van der Waals surface area contributed by atoms with Crippen molar-refractivity contribution in [2.45, 2.75) is 31.2 Å². The fourth-order valence-electron chi connectivity index (χ4n) is 2.74. The van der Waals surface area contributed by atoms with Crippen molar-refractivity contribution in [2.75, 3.05) is 13.2 Å². The topological polar surface area (TPSA) is 46.6 Å². The van der Waals surface area contributed by atoms with E-state index in [2.05, 4.69) is 0 Å². The number of hydrogen-bond donors (Lipinski definition) is 0. The van der Waals surface area contributed by atoms with E-state index in [-0.39, 0.29) is 11.9 Å². The van der Waals surface area contributed by atoms with Crippen molar-refractivity contribution in [1.82, 2.24) is 4.31 Å². The average molecular weight is 351 g/mol. The molecule has 124 valence electrons. The second-order valence-electron chi connectivity index (χ2n) is 5.75. The van der Waals surface area contributed by atoms with Gasteiger partial charge in [-0.1, -0.05) is 36.4 Å². The van der Waals surface area contributed by atoms with Gasteiger partial charge in [0.05, 0.1) is 11.9 Å². The molecule has 23 heavy (non-hydrogen) atoms. The van der Waals surface area contributed by atoms with Crippen LogP contribution in [0.4, 0.5) is 0 Å². The Morgan fingerprint density at radius 2 is 2.00 bits per heavy atom. The van der Waals surface area contributed by atoms with Crippen LogP contribution in [-0.4, -0.2) is 32.0 Å². The summed E-state index contributed by atoms with van der Waals surface area (Å²) in [7, 11) is -3.38. The van der Waals surface area contributed by atoms with Crippen molar-refractivity contribution in [3.63, 3.8) is 0 Å². The Balaban J connectivity index is 1.77. The van der Waals surface area contributed by atoms with E-state index < -0.39 is 10.0 Å². The van der Waals surface area contributed by atoms with Crippen LogP contribution in [0.5, 0.6) is 0 Å². The number of thiophene rings is 1. The quantitative estimate of drug-likeness (QED) is 0.769. The van der Waals surface area contributed by atoms with E-state index in [1.54, 1.807) is 15.6 Å². The van der Waals surface area contributed by atoms with Gasteiger partial charge in [-0.3, -0.25) is 0 Å². The summed E-state index contributed by atoms with van der Waals surface area (Å²) in [4.78, 5) is 1.06. The zero-order chi connectivity index (χ0) is 16.1. The lowest BCUT2D eigenvalue weighted by atomic mass is 10.2. The first-order valence-electron chi connectivity index (χ1n) is 7.79. The molecule has 2 aromatic rings. The summed E-state index contributed by atoms with van der Waals surface area (Å²) < 4.78 is 33.0. The maximum absolute atomic E-state index is 12.9. The molecule has 0 amide bonds. The molecular weight excluding hydrogens is 330 g/mol. The molecule has 0 bridgehead atoms. The third-order valence-electron chi connectivity index (χ3n) is 3.93. The molecule has 1 saturated heterocycles. The van der Waals surface area contributed by atoms with Crippen LogP contribution in [0.1, 0.15) is 23.3 Å². The lowest BCUT2D eigenvalue weighted by Gasteiger charge is -2.24. The van der Waals surface area contributed by atoms with Gasteiger partial charge >= 0.3 is 0 Å². The minimum Gasteiger partial charge on any atom is -0.377 e. The van der Waals surface area contributed by atoms with E-state index >= 15 is 0 Å². The predicted octanol–water partition coefficient (Wildman–Crippen LogP) is 3.26. The van der Waals surface area contributed by atoms with Crippen LogP contribution in [0.2, 0.25) is 0 Å². The standard InChI is InChI=1S/C17H21NO3S2/c19-23(20,14-15-6-2-1-3-7-15)18(12-16-8-4-10-21-16)13-17-9-5-11-22-17/h1-3,5-7,9,11,16H,4,8,10,12-14H2. The zero-order valence-electron chi connectivity index (χ0n) is 12.9. The van der Waals surface area contributed by atoms with Gasteiger partial charge in [-0.05, 0) is 29.9 Å². The first-order chi connectivity index (χ1) is 11.1. The van der Waals surface area contributed by atoms with Gasteiger partial charge < -0.3 is 4.74 Å². The maximum atomic E-state index is 12.9. The molecule has 3 rings (SSSR count). The normalized spacial score (nSPS) is 18.6. The number of hydrogen-bond acceptors (Lipinski definition) is 4. The molecular formula is C17H21NO3S2. The van der Waals surface area contributed by atoms with E-state index in [4.69, 9.17) is 4.74 Å². The maximum Gasteiger partial charge on any atom is 0.218 e. The lowest BCUT2D eigenvalue weighted by Crippen LogP contribution is -2.37. The Morgan fingerprint density at radius 3 is 2.65 bits per heavy atom. The highest BCUT2D eigenvalue weighted by atomic mass is 32.2. The van der Waals surface area contributed by atoms with Gasteiger partial charge in [0.15, 0.2) is 0 Å². The van der Waals surface area contributed by atoms with Gasteiger partial charge in [-0.15, -0.1) is 11.3 Å². The summed E-state index contributed by atoms with van der Waals surface area (Å²) in [5.74, 6) is 0.0337. The Kier molecular flexibility index (Phi) is 5.48. The van der Waals surface area contributed by atoms with Gasteiger partial charge in [0.1, 0.15) is 0 Å². The summed E-state index contributed by atoms with van der Waals surface area (Å²) in [5.41, 5.74) is 0.816. The summed E-state index contributed by atoms with van der Waals surface area (Å²) in [6.45, 7) is 1.59. The van der Waals surface area contributed by atoms with Crippen LogP contribution in [0.25, 0.3) is 0 Å². The SMILES string of the molecule is O=S(=O)(Cc1ccccc1)N(Cc1cccs1)CC1CCCO1. The molecule has 0 radical (unpaired) electrons. The highest BCUT2D eigenvalue weighted by molar-refractivity contribution is 7.88. The number of ether oxygens (including phenoxy) is 1. The molecule has 0 spiro atoms. The smallest absolute Gasteiger partial charge is 0.218 e. The first-order valence-corrected chi connectivity index (χ1v) is 10.3. The summed E-state index contributed by atoms with van der Waals surface area (Å²) in [5, 5.41) is 1.98. The van der Waals surface area contributed by atoms with Gasteiger partial charge in [0.25, 0.3) is 0 Å². The van der Waals surface area contributed by atoms with Crippen molar-refractivity contribution in [3.05, 3.63) is 58.3 Å². The molecule has 0 N–H and O–H groups in total. The monoisotopic (exact) mass is 351 g/mol. The van der Waals surface area contributed by atoms with Crippen LogP contribution in [0, 0.1) is 0 Å². The fourth-order valence-corrected chi connectivity index (χ4v) is 5.07. The van der Waals surface area contributed by atoms with Gasteiger partial charge in [-0.25, -0.2) is 8.42 Å². The van der Waals surface area contributed by atoms with Crippen molar-refractivity contribution >= 4 is 21.4 Å².